The van der Waals surface area contributed by atoms with E-state index in [9.17, 15) is 4.79 Å². The first-order chi connectivity index (χ1) is 5.41. The van der Waals surface area contributed by atoms with Crippen molar-refractivity contribution in [2.24, 2.45) is 0 Å². The molecule has 1 aliphatic rings. The molecule has 0 aliphatic carbocycles. The predicted molar refractivity (Wildman–Crippen MR) is 48.3 cm³/mol. The summed E-state index contributed by atoms with van der Waals surface area (Å²) in [5.74, 6) is -0.0111. The van der Waals surface area contributed by atoms with E-state index in [4.69, 9.17) is 0 Å². The lowest BCUT2D eigenvalue weighted by molar-refractivity contribution is -0.119. The van der Waals surface area contributed by atoms with Gasteiger partial charge in [0.2, 0.25) is 5.91 Å². The molecule has 12 heavy (non-hydrogen) atoms. The molecule has 1 amide bonds. The Labute approximate surface area is 73.4 Å². The highest BCUT2D eigenvalue weighted by atomic mass is 16.1. The van der Waals surface area contributed by atoms with Gasteiger partial charge in [-0.15, -0.1) is 0 Å². The zero-order valence-corrected chi connectivity index (χ0v) is 8.09. The number of nitrogens with one attached hydrogen (secondary N) is 1. The van der Waals surface area contributed by atoms with E-state index in [1.807, 2.05) is 13.1 Å². The third kappa shape index (κ3) is 1.78. The van der Waals surface area contributed by atoms with E-state index >= 15 is 0 Å². The van der Waals surface area contributed by atoms with Crippen molar-refractivity contribution in [1.82, 2.24) is 10.2 Å². The number of nitrogens with zero attached hydrogens (tertiary/aromatic N) is 1. The Hall–Kier alpha value is -0.990. The second-order valence-electron chi connectivity index (χ2n) is 4.08. The topological polar surface area (TPSA) is 32.3 Å². The van der Waals surface area contributed by atoms with Gasteiger partial charge in [-0.2, -0.15) is 0 Å². The number of carbonyl (C=O) groups is 1. The number of hydrogen-bond donors (Lipinski definition) is 1. The Bertz CT molecular complexity index is 215. The zero-order valence-electron chi connectivity index (χ0n) is 8.09. The molecule has 3 nitrogen and oxygen atoms in total. The lowest BCUT2D eigenvalue weighted by Gasteiger charge is -2.41. The van der Waals surface area contributed by atoms with Crippen molar-refractivity contribution in [2.45, 2.75) is 39.4 Å². The fraction of sp³-hybridized carbons (Fsp3) is 0.667. The van der Waals surface area contributed by atoms with Gasteiger partial charge in [-0.3, -0.25) is 4.79 Å². The van der Waals surface area contributed by atoms with E-state index in [0.29, 0.717) is 0 Å². The quantitative estimate of drug-likeness (QED) is 0.587. The maximum Gasteiger partial charge on any atom is 0.247 e. The van der Waals surface area contributed by atoms with Gasteiger partial charge in [0.05, 0.1) is 6.17 Å². The average molecular weight is 168 g/mol. The van der Waals surface area contributed by atoms with Crippen LogP contribution in [0.25, 0.3) is 0 Å². The molecule has 68 valence electrons. The first-order valence-corrected chi connectivity index (χ1v) is 4.18. The van der Waals surface area contributed by atoms with Crippen molar-refractivity contribution in [3.8, 4) is 0 Å². The van der Waals surface area contributed by atoms with Crippen LogP contribution in [0.5, 0.6) is 0 Å². The fourth-order valence-corrected chi connectivity index (χ4v) is 1.41. The van der Waals surface area contributed by atoms with Crippen LogP contribution in [0.1, 0.15) is 27.7 Å². The third-order valence-corrected chi connectivity index (χ3v) is 1.93. The summed E-state index contributed by atoms with van der Waals surface area (Å²) in [6.45, 7) is 8.33. The molecule has 0 saturated carbocycles. The summed E-state index contributed by atoms with van der Waals surface area (Å²) in [6.07, 6.45) is 3.50. The molecule has 1 aliphatic heterocycles. The molecule has 0 aromatic carbocycles. The van der Waals surface area contributed by atoms with Crippen molar-refractivity contribution in [2.75, 3.05) is 0 Å². The second kappa shape index (κ2) is 2.81. The molecule has 1 heterocycles. The summed E-state index contributed by atoms with van der Waals surface area (Å²) in [5.41, 5.74) is 0.0591. The highest BCUT2D eigenvalue weighted by Crippen LogP contribution is 2.17. The van der Waals surface area contributed by atoms with Crippen molar-refractivity contribution >= 4 is 5.91 Å². The molecule has 0 aromatic heterocycles. The molecular weight excluding hydrogens is 152 g/mol. The van der Waals surface area contributed by atoms with E-state index in [0.717, 1.165) is 0 Å². The Kier molecular flexibility index (Phi) is 2.13. The molecule has 1 unspecified atom stereocenters. The molecule has 1 N–H and O–H groups in total. The minimum atomic E-state index is -0.0111. The Morgan fingerprint density at radius 2 is 2.08 bits per heavy atom. The van der Waals surface area contributed by atoms with Crippen LogP contribution in [-0.2, 0) is 4.79 Å². The highest BCUT2D eigenvalue weighted by Gasteiger charge is 2.26. The Morgan fingerprint density at radius 1 is 1.50 bits per heavy atom. The van der Waals surface area contributed by atoms with E-state index in [2.05, 4.69) is 31.0 Å². The van der Waals surface area contributed by atoms with Crippen LogP contribution in [0.4, 0.5) is 0 Å². The summed E-state index contributed by atoms with van der Waals surface area (Å²) in [6, 6.07) is 0. The molecule has 0 spiro atoms. The molecule has 1 atom stereocenters. The summed E-state index contributed by atoms with van der Waals surface area (Å²) >= 11 is 0. The van der Waals surface area contributed by atoms with Crippen LogP contribution >= 0.6 is 0 Å². The van der Waals surface area contributed by atoms with Crippen LogP contribution in [-0.4, -0.2) is 22.5 Å². The minimum Gasteiger partial charge on any atom is -0.353 e. The summed E-state index contributed by atoms with van der Waals surface area (Å²) in [4.78, 5) is 13.0. The Balaban J connectivity index is 2.80. The van der Waals surface area contributed by atoms with Crippen LogP contribution in [0.3, 0.4) is 0 Å². The molecule has 0 fully saturated rings. The molecule has 0 saturated heterocycles. The fourth-order valence-electron chi connectivity index (χ4n) is 1.41. The van der Waals surface area contributed by atoms with Crippen molar-refractivity contribution in [3.05, 3.63) is 12.3 Å². The molecule has 3 heteroatoms. The van der Waals surface area contributed by atoms with Gasteiger partial charge >= 0.3 is 0 Å². The maximum atomic E-state index is 10.9. The van der Waals surface area contributed by atoms with Gasteiger partial charge in [0.15, 0.2) is 0 Å². The maximum absolute atomic E-state index is 10.9. The number of carbonyl (C=O) groups excluding carboxylic acids is 1. The molecular formula is C9H16N2O. The predicted octanol–water partition coefficient (Wildman–Crippen LogP) is 1.08. The van der Waals surface area contributed by atoms with Gasteiger partial charge in [0, 0.05) is 17.8 Å². The number of rotatable bonds is 0. The third-order valence-electron chi connectivity index (χ3n) is 1.93. The van der Waals surface area contributed by atoms with Gasteiger partial charge in [-0.25, -0.2) is 0 Å². The van der Waals surface area contributed by atoms with E-state index < -0.39 is 0 Å². The average Bonchev–Trinajstić information content (AvgIpc) is 1.83. The van der Waals surface area contributed by atoms with Gasteiger partial charge in [0.1, 0.15) is 0 Å². The van der Waals surface area contributed by atoms with E-state index in [-0.39, 0.29) is 17.6 Å². The molecule has 0 aromatic rings. The first-order valence-electron chi connectivity index (χ1n) is 4.18. The summed E-state index contributed by atoms with van der Waals surface area (Å²) < 4.78 is 0. The van der Waals surface area contributed by atoms with Crippen LogP contribution in [0, 0.1) is 0 Å². The van der Waals surface area contributed by atoms with E-state index in [1.165, 1.54) is 0 Å². The largest absolute Gasteiger partial charge is 0.353 e. The van der Waals surface area contributed by atoms with Crippen LogP contribution < -0.4 is 5.32 Å². The van der Waals surface area contributed by atoms with Gasteiger partial charge in [0.25, 0.3) is 0 Å². The van der Waals surface area contributed by atoms with Crippen molar-refractivity contribution in [1.29, 1.82) is 0 Å². The Morgan fingerprint density at radius 3 is 2.50 bits per heavy atom. The zero-order chi connectivity index (χ0) is 9.35. The summed E-state index contributed by atoms with van der Waals surface area (Å²) in [5, 5.41) is 2.84. The lowest BCUT2D eigenvalue weighted by Crippen LogP contribution is -2.53. The second-order valence-corrected chi connectivity index (χ2v) is 4.08. The molecule has 0 radical (unpaired) electrons. The minimum absolute atomic E-state index is 0.0111. The smallest absolute Gasteiger partial charge is 0.247 e. The SMILES string of the molecule is CC1NC(=O)C=CN1C(C)(C)C. The number of amides is 1. The monoisotopic (exact) mass is 168 g/mol. The highest BCUT2D eigenvalue weighted by molar-refractivity contribution is 5.88. The summed E-state index contributed by atoms with van der Waals surface area (Å²) in [7, 11) is 0. The normalized spacial score (nSPS) is 24.2. The molecule has 1 rings (SSSR count). The van der Waals surface area contributed by atoms with Crippen LogP contribution in [0.2, 0.25) is 0 Å². The van der Waals surface area contributed by atoms with E-state index in [1.54, 1.807) is 6.08 Å². The standard InChI is InChI=1S/C9H16N2O/c1-7-10-8(12)5-6-11(7)9(2,3)4/h5-7H,1-4H3,(H,10,12). The van der Waals surface area contributed by atoms with Crippen LogP contribution in [0.15, 0.2) is 12.3 Å². The lowest BCUT2D eigenvalue weighted by atomic mass is 10.1. The number of hydrogen-bond acceptors (Lipinski definition) is 2. The van der Waals surface area contributed by atoms with Gasteiger partial charge < -0.3 is 10.2 Å². The molecule has 0 bridgehead atoms. The first kappa shape index (κ1) is 9.10. The van der Waals surface area contributed by atoms with Crippen molar-refractivity contribution < 1.29 is 4.79 Å². The van der Waals surface area contributed by atoms with Crippen molar-refractivity contribution in [3.63, 3.8) is 0 Å². The van der Waals surface area contributed by atoms with Gasteiger partial charge in [-0.05, 0) is 27.7 Å². The van der Waals surface area contributed by atoms with Gasteiger partial charge in [-0.1, -0.05) is 0 Å².